The lowest BCUT2D eigenvalue weighted by molar-refractivity contribution is -0.183. The molecule has 2 N–H and O–H groups in total. The van der Waals surface area contributed by atoms with Crippen molar-refractivity contribution >= 4 is 5.97 Å². The van der Waals surface area contributed by atoms with Gasteiger partial charge in [-0.1, -0.05) is 24.6 Å². The molecule has 0 spiro atoms. The molecule has 2 rings (SSSR count). The molecule has 0 aromatic carbocycles. The van der Waals surface area contributed by atoms with Gasteiger partial charge in [-0.15, -0.1) is 0 Å². The first-order valence-electron chi connectivity index (χ1n) is 9.14. The van der Waals surface area contributed by atoms with E-state index in [1.165, 1.54) is 5.57 Å². The summed E-state index contributed by atoms with van der Waals surface area (Å²) in [6.45, 7) is 7.68. The minimum absolute atomic E-state index is 0.144. The number of ether oxygens (including phenoxy) is 1. The predicted octanol–water partition coefficient (Wildman–Crippen LogP) is 3.52. The Balaban J connectivity index is 2.25. The fraction of sp³-hybridized carbons (Fsp3) is 0.750. The number of hydrogen-bond donors (Lipinski definition) is 2. The Kier molecular flexibility index (Phi) is 6.27. The first-order chi connectivity index (χ1) is 11.2. The maximum Gasteiger partial charge on any atom is 0.309 e. The average molecular weight is 336 g/mol. The van der Waals surface area contributed by atoms with E-state index in [-0.39, 0.29) is 17.8 Å². The Morgan fingerprint density at radius 1 is 1.29 bits per heavy atom. The number of aliphatic hydroxyl groups excluding tert-OH is 1. The van der Waals surface area contributed by atoms with Crippen LogP contribution in [-0.4, -0.2) is 34.0 Å². The molecule has 0 aromatic rings. The molecule has 5 atom stereocenters. The SMILES string of the molecule is C/C1=C/C[C@@H]2C[C@H](OC(=O)[C@H]2C)[C@@](C)(O)CC/C=C(\C)CC[C@@H]1O. The van der Waals surface area contributed by atoms with Crippen molar-refractivity contribution in [2.45, 2.75) is 84.0 Å². The number of esters is 1. The van der Waals surface area contributed by atoms with E-state index in [2.05, 4.69) is 19.1 Å². The second-order valence-corrected chi connectivity index (χ2v) is 7.89. The lowest BCUT2D eigenvalue weighted by Crippen LogP contribution is -2.49. The number of carbonyl (C=O) groups excluding carboxylic acids is 1. The van der Waals surface area contributed by atoms with Crippen LogP contribution >= 0.6 is 0 Å². The van der Waals surface area contributed by atoms with E-state index >= 15 is 0 Å². The van der Waals surface area contributed by atoms with Gasteiger partial charge in [0.1, 0.15) is 6.10 Å². The topological polar surface area (TPSA) is 66.8 Å². The van der Waals surface area contributed by atoms with Crippen LogP contribution in [0.5, 0.6) is 0 Å². The summed E-state index contributed by atoms with van der Waals surface area (Å²) in [7, 11) is 0. The number of rotatable bonds is 0. The van der Waals surface area contributed by atoms with E-state index in [9.17, 15) is 15.0 Å². The Hall–Kier alpha value is -1.13. The monoisotopic (exact) mass is 336 g/mol. The van der Waals surface area contributed by atoms with E-state index in [0.29, 0.717) is 19.3 Å². The van der Waals surface area contributed by atoms with Crippen LogP contribution in [0.4, 0.5) is 0 Å². The summed E-state index contributed by atoms with van der Waals surface area (Å²) in [6.07, 6.45) is 7.58. The zero-order valence-electron chi connectivity index (χ0n) is 15.4. The van der Waals surface area contributed by atoms with Gasteiger partial charge in [0.05, 0.1) is 17.6 Å². The molecule has 2 aliphatic rings. The molecule has 1 saturated heterocycles. The Morgan fingerprint density at radius 3 is 2.71 bits per heavy atom. The van der Waals surface area contributed by atoms with Crippen LogP contribution in [0.15, 0.2) is 23.3 Å². The molecule has 1 aliphatic carbocycles. The van der Waals surface area contributed by atoms with Crippen LogP contribution in [0.25, 0.3) is 0 Å². The third kappa shape index (κ3) is 4.70. The van der Waals surface area contributed by atoms with Crippen LogP contribution < -0.4 is 0 Å². The molecule has 4 nitrogen and oxygen atoms in total. The van der Waals surface area contributed by atoms with Crippen molar-refractivity contribution in [1.82, 2.24) is 0 Å². The number of fused-ring (bicyclic) bond motifs is 2. The van der Waals surface area contributed by atoms with E-state index in [4.69, 9.17) is 4.74 Å². The van der Waals surface area contributed by atoms with Crippen molar-refractivity contribution in [2.24, 2.45) is 11.8 Å². The molecule has 4 heteroatoms. The van der Waals surface area contributed by atoms with Crippen molar-refractivity contribution < 1.29 is 19.7 Å². The lowest BCUT2D eigenvalue weighted by Gasteiger charge is -2.40. The summed E-state index contributed by atoms with van der Waals surface area (Å²) >= 11 is 0. The van der Waals surface area contributed by atoms with Crippen LogP contribution in [0.2, 0.25) is 0 Å². The van der Waals surface area contributed by atoms with Crippen LogP contribution in [-0.2, 0) is 9.53 Å². The largest absolute Gasteiger partial charge is 0.459 e. The van der Waals surface area contributed by atoms with Crippen LogP contribution in [0.1, 0.15) is 66.2 Å². The van der Waals surface area contributed by atoms with Gasteiger partial charge in [-0.05, 0) is 70.8 Å². The van der Waals surface area contributed by atoms with E-state index in [1.54, 1.807) is 6.92 Å². The maximum atomic E-state index is 12.2. The summed E-state index contributed by atoms with van der Waals surface area (Å²) in [5, 5.41) is 21.1. The van der Waals surface area contributed by atoms with Gasteiger partial charge in [0.25, 0.3) is 0 Å². The third-order valence-electron chi connectivity index (χ3n) is 5.77. The second-order valence-electron chi connectivity index (χ2n) is 7.89. The molecule has 2 bridgehead atoms. The van der Waals surface area contributed by atoms with E-state index < -0.39 is 17.8 Å². The molecule has 0 aromatic heterocycles. The number of carbonyl (C=O) groups is 1. The predicted molar refractivity (Wildman–Crippen MR) is 94.4 cm³/mol. The number of allylic oxidation sites excluding steroid dienone is 3. The summed E-state index contributed by atoms with van der Waals surface area (Å²) in [6, 6.07) is 0. The summed E-state index contributed by atoms with van der Waals surface area (Å²) in [5.41, 5.74) is 1.18. The molecule has 0 saturated carbocycles. The molecule has 0 unspecified atom stereocenters. The third-order valence-corrected chi connectivity index (χ3v) is 5.77. The summed E-state index contributed by atoms with van der Waals surface area (Å²) < 4.78 is 5.54. The van der Waals surface area contributed by atoms with Gasteiger partial charge < -0.3 is 14.9 Å². The Morgan fingerprint density at radius 2 is 2.00 bits per heavy atom. The maximum absolute atomic E-state index is 12.2. The zero-order chi connectivity index (χ0) is 17.9. The van der Waals surface area contributed by atoms with Crippen molar-refractivity contribution in [1.29, 1.82) is 0 Å². The van der Waals surface area contributed by atoms with Gasteiger partial charge in [-0.2, -0.15) is 0 Å². The fourth-order valence-electron chi connectivity index (χ4n) is 3.59. The standard InChI is InChI=1S/C20H32O4/c1-13-6-5-11-20(4,23)18-12-16(15(3)19(22)24-18)9-8-14(2)17(21)10-7-13/h6,8,15-18,21,23H,5,7,9-12H2,1-4H3/b13-6+,14-8-/t15-,16+,17-,18-,20-/m0/s1. The highest BCUT2D eigenvalue weighted by atomic mass is 16.6. The molecule has 1 aliphatic heterocycles. The van der Waals surface area contributed by atoms with Crippen molar-refractivity contribution in [3.63, 3.8) is 0 Å². The van der Waals surface area contributed by atoms with E-state index in [1.807, 2.05) is 13.8 Å². The molecule has 0 radical (unpaired) electrons. The molecule has 24 heavy (non-hydrogen) atoms. The highest BCUT2D eigenvalue weighted by molar-refractivity contribution is 5.73. The van der Waals surface area contributed by atoms with Gasteiger partial charge in [-0.25, -0.2) is 0 Å². The molecular formula is C20H32O4. The summed E-state index contributed by atoms with van der Waals surface area (Å²) in [5.74, 6) is -0.250. The molecule has 1 heterocycles. The van der Waals surface area contributed by atoms with Gasteiger partial charge >= 0.3 is 5.97 Å². The van der Waals surface area contributed by atoms with E-state index in [0.717, 1.165) is 24.8 Å². The highest BCUT2D eigenvalue weighted by Gasteiger charge is 2.43. The first kappa shape index (κ1) is 19.2. The summed E-state index contributed by atoms with van der Waals surface area (Å²) in [4.78, 5) is 12.2. The molecule has 136 valence electrons. The van der Waals surface area contributed by atoms with Crippen molar-refractivity contribution in [2.75, 3.05) is 0 Å². The first-order valence-corrected chi connectivity index (χ1v) is 9.14. The molecular weight excluding hydrogens is 304 g/mol. The zero-order valence-corrected chi connectivity index (χ0v) is 15.4. The normalized spacial score (nSPS) is 43.7. The van der Waals surface area contributed by atoms with Gasteiger partial charge in [0, 0.05) is 0 Å². The molecule has 0 amide bonds. The quantitative estimate of drug-likeness (QED) is 0.525. The second kappa shape index (κ2) is 7.83. The van der Waals surface area contributed by atoms with Crippen LogP contribution in [0, 0.1) is 11.8 Å². The number of aliphatic hydroxyl groups is 2. The minimum atomic E-state index is -1.01. The van der Waals surface area contributed by atoms with Crippen molar-refractivity contribution in [3.05, 3.63) is 23.3 Å². The van der Waals surface area contributed by atoms with Gasteiger partial charge in [0.15, 0.2) is 0 Å². The smallest absolute Gasteiger partial charge is 0.309 e. The molecule has 1 fully saturated rings. The average Bonchev–Trinajstić information content (AvgIpc) is 2.52. The minimum Gasteiger partial charge on any atom is -0.459 e. The number of hydrogen-bond acceptors (Lipinski definition) is 4. The fourth-order valence-corrected chi connectivity index (χ4v) is 3.59. The highest BCUT2D eigenvalue weighted by Crippen LogP contribution is 2.36. The van der Waals surface area contributed by atoms with Crippen LogP contribution in [0.3, 0.4) is 0 Å². The van der Waals surface area contributed by atoms with Gasteiger partial charge in [-0.3, -0.25) is 4.79 Å². The Bertz CT molecular complexity index is 518. The lowest BCUT2D eigenvalue weighted by atomic mass is 9.78. The van der Waals surface area contributed by atoms with Gasteiger partial charge in [0.2, 0.25) is 0 Å². The Labute approximate surface area is 145 Å². The van der Waals surface area contributed by atoms with Crippen molar-refractivity contribution in [3.8, 4) is 0 Å².